The van der Waals surface area contributed by atoms with Gasteiger partial charge in [0.2, 0.25) is 5.91 Å². The quantitative estimate of drug-likeness (QED) is 0.857. The van der Waals surface area contributed by atoms with Crippen LogP contribution in [0.5, 0.6) is 5.75 Å². The maximum atomic E-state index is 11.9. The maximum Gasteiger partial charge on any atom is 0.405 e. The Kier molecular flexibility index (Phi) is 5.41. The molecule has 0 fully saturated rings. The van der Waals surface area contributed by atoms with Crippen LogP contribution in [0, 0.1) is 0 Å². The summed E-state index contributed by atoms with van der Waals surface area (Å²) in [6.45, 7) is -1.36. The van der Waals surface area contributed by atoms with Crippen molar-refractivity contribution in [3.8, 4) is 5.75 Å². The molecule has 0 bridgehead atoms. The van der Waals surface area contributed by atoms with Gasteiger partial charge in [0.1, 0.15) is 12.3 Å². The smallest absolute Gasteiger partial charge is 0.405 e. The van der Waals surface area contributed by atoms with Gasteiger partial charge in [0.25, 0.3) is 0 Å². The number of hydrogen-bond donors (Lipinski definition) is 1. The van der Waals surface area contributed by atoms with Gasteiger partial charge in [0, 0.05) is 16.1 Å². The fourth-order valence-electron chi connectivity index (χ4n) is 1.25. The number of rotatable bonds is 4. The minimum absolute atomic E-state index is 0.517. The summed E-state index contributed by atoms with van der Waals surface area (Å²) < 4.78 is 41.5. The van der Waals surface area contributed by atoms with E-state index in [1.54, 1.807) is 23.5 Å². The lowest BCUT2D eigenvalue weighted by Gasteiger charge is -2.07. The average Bonchev–Trinajstić information content (AvgIpc) is 2.33. The minimum atomic E-state index is -4.42. The Bertz CT molecular complexity index is 486. The van der Waals surface area contributed by atoms with Gasteiger partial charge in [-0.1, -0.05) is 15.9 Å². The number of amides is 1. The number of carbonyl (C=O) groups excluding carboxylic acids is 1. The van der Waals surface area contributed by atoms with Crippen molar-refractivity contribution in [3.63, 3.8) is 0 Å². The van der Waals surface area contributed by atoms with Crippen LogP contribution in [-0.2, 0) is 4.79 Å². The zero-order chi connectivity index (χ0) is 14.5. The van der Waals surface area contributed by atoms with Gasteiger partial charge < -0.3 is 10.1 Å². The summed E-state index contributed by atoms with van der Waals surface area (Å²) in [5, 5.41) is 1.74. The Morgan fingerprint density at radius 3 is 2.74 bits per heavy atom. The van der Waals surface area contributed by atoms with Gasteiger partial charge in [-0.3, -0.25) is 4.79 Å². The highest BCUT2D eigenvalue weighted by molar-refractivity contribution is 9.10. The second-order valence-electron chi connectivity index (χ2n) is 3.55. The number of nitrogens with one attached hydrogen (secondary N) is 1. The Morgan fingerprint density at radius 2 is 2.16 bits per heavy atom. The summed E-state index contributed by atoms with van der Waals surface area (Å²) in [6.07, 6.45) is -2.01. The van der Waals surface area contributed by atoms with Crippen molar-refractivity contribution in [2.45, 2.75) is 6.18 Å². The monoisotopic (exact) mass is 337 g/mol. The molecule has 19 heavy (non-hydrogen) atoms. The summed E-state index contributed by atoms with van der Waals surface area (Å²) >= 11 is 3.25. The van der Waals surface area contributed by atoms with Crippen LogP contribution in [0.1, 0.15) is 5.56 Å². The Balaban J connectivity index is 2.71. The van der Waals surface area contributed by atoms with E-state index in [2.05, 4.69) is 15.9 Å². The molecule has 7 heteroatoms. The van der Waals surface area contributed by atoms with Crippen LogP contribution in [0.4, 0.5) is 13.2 Å². The molecule has 1 aromatic carbocycles. The zero-order valence-electron chi connectivity index (χ0n) is 9.92. The van der Waals surface area contributed by atoms with Crippen LogP contribution in [0.3, 0.4) is 0 Å². The molecule has 0 atom stereocenters. The van der Waals surface area contributed by atoms with E-state index >= 15 is 0 Å². The second kappa shape index (κ2) is 6.60. The van der Waals surface area contributed by atoms with Crippen LogP contribution in [-0.4, -0.2) is 25.7 Å². The molecule has 3 nitrogen and oxygen atoms in total. The predicted molar refractivity (Wildman–Crippen MR) is 68.8 cm³/mol. The number of halogens is 4. The molecule has 1 N–H and O–H groups in total. The van der Waals surface area contributed by atoms with Crippen LogP contribution < -0.4 is 10.1 Å². The van der Waals surface area contributed by atoms with E-state index in [9.17, 15) is 18.0 Å². The number of benzene rings is 1. The zero-order valence-corrected chi connectivity index (χ0v) is 11.5. The molecule has 0 heterocycles. The molecule has 0 aliphatic heterocycles. The van der Waals surface area contributed by atoms with Crippen molar-refractivity contribution in [2.75, 3.05) is 13.7 Å². The first kappa shape index (κ1) is 15.6. The first-order valence-electron chi connectivity index (χ1n) is 5.18. The lowest BCUT2D eigenvalue weighted by Crippen LogP contribution is -2.32. The number of hydrogen-bond acceptors (Lipinski definition) is 2. The highest BCUT2D eigenvalue weighted by Gasteiger charge is 2.27. The third kappa shape index (κ3) is 5.78. The largest absolute Gasteiger partial charge is 0.496 e. The van der Waals surface area contributed by atoms with E-state index in [1.807, 2.05) is 0 Å². The highest BCUT2D eigenvalue weighted by Crippen LogP contribution is 2.24. The predicted octanol–water partition coefficient (Wildman–Crippen LogP) is 3.15. The lowest BCUT2D eigenvalue weighted by molar-refractivity contribution is -0.135. The van der Waals surface area contributed by atoms with Crippen molar-refractivity contribution < 1.29 is 22.7 Å². The van der Waals surface area contributed by atoms with E-state index in [0.717, 1.165) is 10.5 Å². The molecule has 0 radical (unpaired) electrons. The first-order chi connectivity index (χ1) is 8.81. The average molecular weight is 338 g/mol. The summed E-state index contributed by atoms with van der Waals surface area (Å²) in [7, 11) is 1.46. The Labute approximate surface area is 116 Å². The van der Waals surface area contributed by atoms with Crippen LogP contribution in [0.2, 0.25) is 0 Å². The van der Waals surface area contributed by atoms with Gasteiger partial charge in [0.05, 0.1) is 7.11 Å². The number of alkyl halides is 3. The molecule has 0 aliphatic carbocycles. The van der Waals surface area contributed by atoms with E-state index in [4.69, 9.17) is 4.74 Å². The van der Waals surface area contributed by atoms with E-state index in [1.165, 1.54) is 13.2 Å². The molecule has 0 aromatic heterocycles. The fraction of sp³-hybridized carbons (Fsp3) is 0.250. The third-order valence-corrected chi connectivity index (χ3v) is 2.56. The van der Waals surface area contributed by atoms with Crippen molar-refractivity contribution in [1.29, 1.82) is 0 Å². The van der Waals surface area contributed by atoms with Gasteiger partial charge in [-0.05, 0) is 24.3 Å². The van der Waals surface area contributed by atoms with E-state index < -0.39 is 18.6 Å². The van der Waals surface area contributed by atoms with Crippen molar-refractivity contribution in [3.05, 3.63) is 34.3 Å². The summed E-state index contributed by atoms with van der Waals surface area (Å²) in [6, 6.07) is 5.11. The minimum Gasteiger partial charge on any atom is -0.496 e. The fourth-order valence-corrected chi connectivity index (χ4v) is 1.63. The first-order valence-corrected chi connectivity index (χ1v) is 5.97. The maximum absolute atomic E-state index is 11.9. The molecule has 1 amide bonds. The topological polar surface area (TPSA) is 38.3 Å². The molecule has 0 unspecified atom stereocenters. The Morgan fingerprint density at radius 1 is 1.47 bits per heavy atom. The third-order valence-electron chi connectivity index (χ3n) is 2.07. The molecule has 0 aliphatic rings. The van der Waals surface area contributed by atoms with Crippen molar-refractivity contribution >= 4 is 27.9 Å². The van der Waals surface area contributed by atoms with Gasteiger partial charge >= 0.3 is 6.18 Å². The number of methoxy groups -OCH3 is 1. The van der Waals surface area contributed by atoms with Crippen molar-refractivity contribution in [1.82, 2.24) is 5.32 Å². The van der Waals surface area contributed by atoms with Crippen molar-refractivity contribution in [2.24, 2.45) is 0 Å². The van der Waals surface area contributed by atoms with Gasteiger partial charge in [-0.25, -0.2) is 0 Å². The van der Waals surface area contributed by atoms with Crippen LogP contribution >= 0.6 is 15.9 Å². The molecule has 0 saturated carbocycles. The lowest BCUT2D eigenvalue weighted by atomic mass is 10.2. The molecule has 0 spiro atoms. The number of ether oxygens (including phenoxy) is 1. The molecule has 0 saturated heterocycles. The van der Waals surface area contributed by atoms with E-state index in [-0.39, 0.29) is 0 Å². The van der Waals surface area contributed by atoms with Gasteiger partial charge in [0.15, 0.2) is 0 Å². The standard InChI is InChI=1S/C12H11BrF3NO2/c1-19-10-4-3-9(13)6-8(10)2-5-11(18)17-7-12(14,15)16/h2-6H,7H2,1H3,(H,17,18)/b5-2+. The highest BCUT2D eigenvalue weighted by atomic mass is 79.9. The molecular weight excluding hydrogens is 327 g/mol. The van der Waals surface area contributed by atoms with Gasteiger partial charge in [-0.2, -0.15) is 13.2 Å². The van der Waals surface area contributed by atoms with Crippen LogP contribution in [0.25, 0.3) is 6.08 Å². The summed E-state index contributed by atoms with van der Waals surface area (Å²) in [5.74, 6) is -0.303. The molecule has 1 rings (SSSR count). The van der Waals surface area contributed by atoms with E-state index in [0.29, 0.717) is 11.3 Å². The molecule has 1 aromatic rings. The normalized spacial score (nSPS) is 11.6. The summed E-state index contributed by atoms with van der Waals surface area (Å²) in [5.41, 5.74) is 0.582. The van der Waals surface area contributed by atoms with Gasteiger partial charge in [-0.15, -0.1) is 0 Å². The van der Waals surface area contributed by atoms with Crippen LogP contribution in [0.15, 0.2) is 28.7 Å². The Hall–Kier alpha value is -1.50. The SMILES string of the molecule is COc1ccc(Br)cc1/C=C/C(=O)NCC(F)(F)F. The molecule has 104 valence electrons. The molecular formula is C12H11BrF3NO2. The second-order valence-corrected chi connectivity index (χ2v) is 4.47. The number of carbonyl (C=O) groups is 1. The summed E-state index contributed by atoms with van der Waals surface area (Å²) in [4.78, 5) is 11.2.